The topological polar surface area (TPSA) is 116 Å². The van der Waals surface area contributed by atoms with Crippen LogP contribution in [0.2, 0.25) is 0 Å². The van der Waals surface area contributed by atoms with Crippen molar-refractivity contribution in [2.24, 2.45) is 11.7 Å². The predicted octanol–water partition coefficient (Wildman–Crippen LogP) is 3.69. The maximum Gasteiger partial charge on any atom is 0.411 e. The van der Waals surface area contributed by atoms with Crippen LogP contribution in [-0.2, 0) is 9.53 Å². The number of rotatable bonds is 2. The summed E-state index contributed by atoms with van der Waals surface area (Å²) in [4.78, 5) is 28.8. The number of methoxy groups -OCH3 is 2. The summed E-state index contributed by atoms with van der Waals surface area (Å²) in [5, 5.41) is 5.61. The van der Waals surface area contributed by atoms with Gasteiger partial charge in [-0.15, -0.1) is 0 Å². The average Bonchev–Trinajstić information content (AvgIpc) is 2.72. The lowest BCUT2D eigenvalue weighted by Crippen LogP contribution is -2.22. The molecule has 0 unspecified atom stereocenters. The van der Waals surface area contributed by atoms with Crippen molar-refractivity contribution in [1.82, 2.24) is 4.98 Å². The predicted molar refractivity (Wildman–Crippen MR) is 111 cm³/mol. The molecular weight excluding hydrogens is 372 g/mol. The van der Waals surface area contributed by atoms with Crippen molar-refractivity contribution in [3.63, 3.8) is 0 Å². The summed E-state index contributed by atoms with van der Waals surface area (Å²) in [5.74, 6) is 0.191. The minimum absolute atomic E-state index is 0.0862. The largest absolute Gasteiger partial charge is 0.481 e. The van der Waals surface area contributed by atoms with Crippen LogP contribution in [0.15, 0.2) is 30.3 Å². The lowest BCUT2D eigenvalue weighted by atomic mass is 9.95. The summed E-state index contributed by atoms with van der Waals surface area (Å²) in [5.41, 5.74) is 9.76. The average molecular weight is 398 g/mol. The third-order valence-electron chi connectivity index (χ3n) is 5.03. The third kappa shape index (κ3) is 4.83. The fourth-order valence-electron chi connectivity index (χ4n) is 3.30. The monoisotopic (exact) mass is 398 g/mol. The van der Waals surface area contributed by atoms with E-state index in [1.165, 1.54) is 7.11 Å². The molecule has 1 aromatic carbocycles. The lowest BCUT2D eigenvalue weighted by molar-refractivity contribution is -0.119. The van der Waals surface area contributed by atoms with E-state index in [2.05, 4.69) is 20.4 Å². The van der Waals surface area contributed by atoms with Crippen LogP contribution in [0.25, 0.3) is 11.1 Å². The Balaban J connectivity index is 2.13. The Hall–Kier alpha value is -3.13. The van der Waals surface area contributed by atoms with Gasteiger partial charge >= 0.3 is 6.09 Å². The number of carbonyl (C=O) groups excluding carboxylic acids is 2. The summed E-state index contributed by atoms with van der Waals surface area (Å²) >= 11 is 0. The Morgan fingerprint density at radius 2 is 2.03 bits per heavy atom. The molecule has 3 rings (SSSR count). The number of hydrogen-bond donors (Lipinski definition) is 3. The molecule has 0 radical (unpaired) electrons. The van der Waals surface area contributed by atoms with Gasteiger partial charge in [0.25, 0.3) is 0 Å². The second-order valence-corrected chi connectivity index (χ2v) is 7.13. The molecule has 0 saturated carbocycles. The van der Waals surface area contributed by atoms with Gasteiger partial charge in [-0.1, -0.05) is 19.4 Å². The molecule has 1 aliphatic heterocycles. The molecule has 0 aliphatic carbocycles. The van der Waals surface area contributed by atoms with Gasteiger partial charge in [0.05, 0.1) is 25.6 Å². The molecule has 29 heavy (non-hydrogen) atoms. The van der Waals surface area contributed by atoms with Crippen LogP contribution in [-0.4, -0.2) is 31.2 Å². The molecule has 8 nitrogen and oxygen atoms in total. The molecule has 0 spiro atoms. The number of benzene rings is 1. The Labute approximate surface area is 169 Å². The van der Waals surface area contributed by atoms with Gasteiger partial charge in [-0.2, -0.15) is 0 Å². The summed E-state index contributed by atoms with van der Waals surface area (Å²) in [6, 6.07) is 8.72. The number of hydrogen-bond acceptors (Lipinski definition) is 6. The number of nitrogens with zero attached hydrogens (tertiary/aromatic N) is 1. The van der Waals surface area contributed by atoms with Crippen LogP contribution >= 0.6 is 0 Å². The van der Waals surface area contributed by atoms with Gasteiger partial charge in [0, 0.05) is 29.3 Å². The van der Waals surface area contributed by atoms with E-state index >= 15 is 0 Å². The number of ether oxygens (including phenoxy) is 2. The van der Waals surface area contributed by atoms with Crippen molar-refractivity contribution in [2.45, 2.75) is 32.2 Å². The van der Waals surface area contributed by atoms with Gasteiger partial charge in [-0.25, -0.2) is 9.78 Å². The Bertz CT molecular complexity index is 916. The molecule has 4 N–H and O–H groups in total. The SMILES string of the molecule is COC(=O)Nc1ccc2c(c1)NC(=O)[C@H](C)CCC[C@H](N)c1cc-2cc(OC)n1. The fourth-order valence-corrected chi connectivity index (χ4v) is 3.30. The number of nitrogens with one attached hydrogen (secondary N) is 2. The molecule has 2 aromatic rings. The van der Waals surface area contributed by atoms with E-state index in [1.807, 2.05) is 19.1 Å². The highest BCUT2D eigenvalue weighted by Crippen LogP contribution is 2.35. The van der Waals surface area contributed by atoms with E-state index in [0.717, 1.165) is 29.7 Å². The minimum Gasteiger partial charge on any atom is -0.481 e. The smallest absolute Gasteiger partial charge is 0.411 e. The van der Waals surface area contributed by atoms with Gasteiger partial charge in [0.1, 0.15) is 0 Å². The zero-order chi connectivity index (χ0) is 21.0. The second-order valence-electron chi connectivity index (χ2n) is 7.13. The molecule has 2 amide bonds. The maximum atomic E-state index is 12.7. The number of fused-ring (bicyclic) bond motifs is 4. The fraction of sp³-hybridized carbons (Fsp3) is 0.381. The third-order valence-corrected chi connectivity index (χ3v) is 5.03. The number of nitrogens with two attached hydrogens (primary N) is 1. The first kappa shape index (κ1) is 20.6. The molecule has 0 saturated heterocycles. The first-order valence-electron chi connectivity index (χ1n) is 9.53. The van der Waals surface area contributed by atoms with Crippen molar-refractivity contribution < 1.29 is 19.1 Å². The summed E-state index contributed by atoms with van der Waals surface area (Å²) in [7, 11) is 2.85. The van der Waals surface area contributed by atoms with E-state index in [9.17, 15) is 9.59 Å². The zero-order valence-electron chi connectivity index (χ0n) is 16.8. The number of anilines is 2. The zero-order valence-corrected chi connectivity index (χ0v) is 16.8. The van der Waals surface area contributed by atoms with Crippen LogP contribution in [0.1, 0.15) is 37.9 Å². The van der Waals surface area contributed by atoms with Gasteiger partial charge in [-0.05, 0) is 36.6 Å². The summed E-state index contributed by atoms with van der Waals surface area (Å²) in [6.45, 7) is 1.89. The van der Waals surface area contributed by atoms with Crippen molar-refractivity contribution in [3.8, 4) is 17.0 Å². The van der Waals surface area contributed by atoms with Crippen molar-refractivity contribution >= 4 is 23.4 Å². The van der Waals surface area contributed by atoms with E-state index in [1.54, 1.807) is 25.3 Å². The van der Waals surface area contributed by atoms with Gasteiger partial charge < -0.3 is 20.5 Å². The van der Waals surface area contributed by atoms with E-state index in [4.69, 9.17) is 10.5 Å². The highest BCUT2D eigenvalue weighted by Gasteiger charge is 2.20. The van der Waals surface area contributed by atoms with Crippen molar-refractivity contribution in [2.75, 3.05) is 24.9 Å². The Morgan fingerprint density at radius 1 is 1.24 bits per heavy atom. The van der Waals surface area contributed by atoms with Crippen molar-refractivity contribution in [3.05, 3.63) is 36.0 Å². The van der Waals surface area contributed by atoms with Crippen LogP contribution in [0.5, 0.6) is 5.88 Å². The quantitative estimate of drug-likeness (QED) is 0.710. The molecule has 8 heteroatoms. The molecule has 0 fully saturated rings. The van der Waals surface area contributed by atoms with E-state index in [0.29, 0.717) is 23.7 Å². The standard InChI is InChI=1S/C21H26N4O4/c1-12-5-4-6-16(22)18-9-13(10-19(24-18)28-2)15-8-7-14(23-21(27)29-3)11-17(15)25-20(12)26/h7-12,16H,4-6,22H2,1-3H3,(H,23,27)(H,25,26)/t12-,16+/m1/s1. The van der Waals surface area contributed by atoms with Gasteiger partial charge in [0.15, 0.2) is 0 Å². The van der Waals surface area contributed by atoms with Crippen LogP contribution in [0, 0.1) is 5.92 Å². The Kier molecular flexibility index (Phi) is 6.33. The molecule has 1 aliphatic rings. The van der Waals surface area contributed by atoms with Crippen LogP contribution < -0.4 is 21.1 Å². The number of aromatic nitrogens is 1. The number of pyridine rings is 1. The first-order chi connectivity index (χ1) is 13.9. The summed E-state index contributed by atoms with van der Waals surface area (Å²) in [6.07, 6.45) is 1.66. The highest BCUT2D eigenvalue weighted by atomic mass is 16.5. The van der Waals surface area contributed by atoms with Gasteiger partial charge in [-0.3, -0.25) is 10.1 Å². The molecular formula is C21H26N4O4. The Morgan fingerprint density at radius 3 is 2.76 bits per heavy atom. The number of amides is 2. The summed E-state index contributed by atoms with van der Waals surface area (Å²) < 4.78 is 10.0. The normalized spacial score (nSPS) is 19.1. The molecule has 1 aromatic heterocycles. The minimum atomic E-state index is -0.586. The molecule has 2 heterocycles. The van der Waals surface area contributed by atoms with E-state index < -0.39 is 6.09 Å². The number of carbonyl (C=O) groups is 2. The van der Waals surface area contributed by atoms with Gasteiger partial charge in [0.2, 0.25) is 11.8 Å². The molecule has 2 atom stereocenters. The van der Waals surface area contributed by atoms with Crippen LogP contribution in [0.3, 0.4) is 0 Å². The second kappa shape index (κ2) is 8.91. The molecule has 2 bridgehead atoms. The van der Waals surface area contributed by atoms with Crippen LogP contribution in [0.4, 0.5) is 16.2 Å². The highest BCUT2D eigenvalue weighted by molar-refractivity contribution is 5.98. The van der Waals surface area contributed by atoms with E-state index in [-0.39, 0.29) is 17.9 Å². The maximum absolute atomic E-state index is 12.7. The first-order valence-corrected chi connectivity index (χ1v) is 9.53. The molecule has 154 valence electrons. The lowest BCUT2D eigenvalue weighted by Gasteiger charge is -2.20. The van der Waals surface area contributed by atoms with Crippen molar-refractivity contribution in [1.29, 1.82) is 0 Å².